The molecule has 0 aliphatic rings. The highest BCUT2D eigenvalue weighted by molar-refractivity contribution is 5.96. The lowest BCUT2D eigenvalue weighted by molar-refractivity contribution is -0.147. The van der Waals surface area contributed by atoms with Gasteiger partial charge in [0.1, 0.15) is 0 Å². The van der Waals surface area contributed by atoms with Crippen LogP contribution in [0.1, 0.15) is 20.8 Å². The van der Waals surface area contributed by atoms with Crippen LogP contribution in [0.2, 0.25) is 0 Å². The Bertz CT molecular complexity index is 236. The van der Waals surface area contributed by atoms with E-state index in [4.69, 9.17) is 0 Å². The van der Waals surface area contributed by atoms with Crippen molar-refractivity contribution < 1.29 is 14.3 Å². The van der Waals surface area contributed by atoms with E-state index >= 15 is 0 Å². The number of carbonyl (C=O) groups is 2. The first-order chi connectivity index (χ1) is 5.67. The zero-order valence-corrected chi connectivity index (χ0v) is 7.46. The molecule has 0 atom stereocenters. The van der Waals surface area contributed by atoms with Crippen LogP contribution in [0.5, 0.6) is 0 Å². The molecule has 0 aliphatic heterocycles. The minimum Gasteiger partial charge on any atom is -0.392 e. The zero-order valence-electron chi connectivity index (χ0n) is 7.46. The summed E-state index contributed by atoms with van der Waals surface area (Å²) in [5.74, 6) is -0.608. The average Bonchev–Trinajstić information content (AvgIpc) is 2.06. The van der Waals surface area contributed by atoms with E-state index in [1.54, 1.807) is 26.0 Å². The third-order valence-electron chi connectivity index (χ3n) is 1.52. The third kappa shape index (κ3) is 2.70. The molecule has 0 rings (SSSR count). The Morgan fingerprint density at radius 3 is 2.17 bits per heavy atom. The van der Waals surface area contributed by atoms with Crippen molar-refractivity contribution in [3.8, 4) is 0 Å². The molecular weight excluding hydrogens is 156 g/mol. The fourth-order valence-electron chi connectivity index (χ4n) is 0.769. The van der Waals surface area contributed by atoms with E-state index in [2.05, 4.69) is 4.74 Å². The summed E-state index contributed by atoms with van der Waals surface area (Å²) in [5.41, 5.74) is 1.22. The van der Waals surface area contributed by atoms with Gasteiger partial charge in [-0.15, -0.1) is 0 Å². The van der Waals surface area contributed by atoms with Crippen molar-refractivity contribution in [2.45, 2.75) is 20.8 Å². The topological polar surface area (TPSA) is 43.4 Å². The molecule has 0 unspecified atom stereocenters. The van der Waals surface area contributed by atoms with Crippen LogP contribution in [0.25, 0.3) is 0 Å². The van der Waals surface area contributed by atoms with Gasteiger partial charge >= 0.3 is 12.4 Å². The van der Waals surface area contributed by atoms with E-state index in [1.807, 2.05) is 6.92 Å². The molecular formula is C9H12O3. The first-order valence-corrected chi connectivity index (χ1v) is 3.61. The Morgan fingerprint density at radius 1 is 1.25 bits per heavy atom. The first-order valence-electron chi connectivity index (χ1n) is 3.61. The van der Waals surface area contributed by atoms with Crippen LogP contribution in [0.3, 0.4) is 0 Å². The summed E-state index contributed by atoms with van der Waals surface area (Å²) in [6.07, 6.45) is 3.39. The monoisotopic (exact) mass is 168 g/mol. The molecule has 0 N–H and O–H groups in total. The number of hydrogen-bond donors (Lipinski definition) is 0. The molecule has 0 amide bonds. The molecule has 0 saturated heterocycles. The molecule has 12 heavy (non-hydrogen) atoms. The molecule has 0 saturated carbocycles. The molecule has 3 nitrogen and oxygen atoms in total. The largest absolute Gasteiger partial charge is 0.392 e. The summed E-state index contributed by atoms with van der Waals surface area (Å²) in [7, 11) is 0. The minimum atomic E-state index is -0.608. The highest BCUT2D eigenvalue weighted by atomic mass is 16.6. The van der Waals surface area contributed by atoms with E-state index in [0.29, 0.717) is 5.57 Å². The van der Waals surface area contributed by atoms with Gasteiger partial charge in [-0.2, -0.15) is 0 Å². The van der Waals surface area contributed by atoms with E-state index in [-0.39, 0.29) is 6.47 Å². The second-order valence-corrected chi connectivity index (χ2v) is 2.18. The van der Waals surface area contributed by atoms with Crippen molar-refractivity contribution >= 4 is 12.4 Å². The Balaban J connectivity index is 4.59. The third-order valence-corrected chi connectivity index (χ3v) is 1.52. The maximum absolute atomic E-state index is 11.0. The van der Waals surface area contributed by atoms with E-state index in [9.17, 15) is 9.59 Å². The molecule has 0 aromatic heterocycles. The second kappa shape index (κ2) is 5.29. The molecule has 0 aliphatic carbocycles. The van der Waals surface area contributed by atoms with Crippen molar-refractivity contribution in [2.24, 2.45) is 0 Å². The van der Waals surface area contributed by atoms with E-state index in [0.717, 1.165) is 5.57 Å². The number of ether oxygens (including phenoxy) is 1. The van der Waals surface area contributed by atoms with Crippen molar-refractivity contribution in [3.63, 3.8) is 0 Å². The fourth-order valence-corrected chi connectivity index (χ4v) is 0.769. The van der Waals surface area contributed by atoms with Crippen LogP contribution in [0.4, 0.5) is 0 Å². The summed E-state index contributed by atoms with van der Waals surface area (Å²) in [6.45, 7) is 5.44. The van der Waals surface area contributed by atoms with Crippen LogP contribution in [0, 0.1) is 0 Å². The highest BCUT2D eigenvalue weighted by Crippen LogP contribution is 2.09. The molecule has 0 bridgehead atoms. The maximum atomic E-state index is 11.0. The van der Waals surface area contributed by atoms with Crippen LogP contribution in [-0.2, 0) is 14.3 Å². The fraction of sp³-hybridized carbons (Fsp3) is 0.333. The quantitative estimate of drug-likeness (QED) is 0.211. The molecule has 0 aromatic rings. The smallest absolute Gasteiger partial charge is 0.345 e. The molecule has 0 aromatic carbocycles. The Labute approximate surface area is 71.7 Å². The van der Waals surface area contributed by atoms with E-state index < -0.39 is 5.97 Å². The molecule has 3 heteroatoms. The van der Waals surface area contributed by atoms with Crippen molar-refractivity contribution in [1.29, 1.82) is 0 Å². The van der Waals surface area contributed by atoms with Crippen molar-refractivity contribution in [2.75, 3.05) is 0 Å². The predicted octanol–water partition coefficient (Wildman–Crippen LogP) is 1.60. The number of esters is 1. The molecule has 0 radical (unpaired) electrons. The van der Waals surface area contributed by atoms with Gasteiger partial charge in [0.15, 0.2) is 0 Å². The minimum absolute atomic E-state index is 0.134. The SMILES string of the molecule is C/C=C(C)\C(=C/C)C(=O)OC=O. The van der Waals surface area contributed by atoms with Crippen molar-refractivity contribution in [1.82, 2.24) is 0 Å². The van der Waals surface area contributed by atoms with Crippen LogP contribution in [0.15, 0.2) is 23.3 Å². The number of hydrogen-bond acceptors (Lipinski definition) is 3. The number of allylic oxidation sites excluding steroid dienone is 2. The van der Waals surface area contributed by atoms with E-state index in [1.165, 1.54) is 0 Å². The van der Waals surface area contributed by atoms with Gasteiger partial charge in [0.25, 0.3) is 0 Å². The van der Waals surface area contributed by atoms with Gasteiger partial charge in [0.2, 0.25) is 0 Å². The van der Waals surface area contributed by atoms with Gasteiger partial charge in [-0.1, -0.05) is 12.2 Å². The van der Waals surface area contributed by atoms with Gasteiger partial charge in [-0.05, 0) is 26.3 Å². The zero-order chi connectivity index (χ0) is 9.56. The second-order valence-electron chi connectivity index (χ2n) is 2.18. The van der Waals surface area contributed by atoms with Gasteiger partial charge in [0, 0.05) is 0 Å². The van der Waals surface area contributed by atoms with Gasteiger partial charge in [0.05, 0.1) is 5.57 Å². The molecule has 0 heterocycles. The lowest BCUT2D eigenvalue weighted by Gasteiger charge is -2.02. The standard InChI is InChI=1S/C9H12O3/c1-4-7(3)8(5-2)9(11)12-6-10/h4-6H,1-3H3/b7-4-,8-5+. The summed E-state index contributed by atoms with van der Waals surface area (Å²) in [6, 6.07) is 0. The van der Waals surface area contributed by atoms with Gasteiger partial charge < -0.3 is 4.74 Å². The van der Waals surface area contributed by atoms with Crippen molar-refractivity contribution in [3.05, 3.63) is 23.3 Å². The van der Waals surface area contributed by atoms with Crippen LogP contribution >= 0.6 is 0 Å². The summed E-state index contributed by atoms with van der Waals surface area (Å²) in [4.78, 5) is 20.9. The molecule has 0 fully saturated rings. The lowest BCUT2D eigenvalue weighted by atomic mass is 10.1. The number of carbonyl (C=O) groups excluding carboxylic acids is 2. The predicted molar refractivity (Wildman–Crippen MR) is 45.3 cm³/mol. The first kappa shape index (κ1) is 10.6. The Morgan fingerprint density at radius 2 is 1.83 bits per heavy atom. The van der Waals surface area contributed by atoms with Gasteiger partial charge in [-0.25, -0.2) is 4.79 Å². The Hall–Kier alpha value is -1.38. The van der Waals surface area contributed by atoms with Crippen LogP contribution in [-0.4, -0.2) is 12.4 Å². The maximum Gasteiger partial charge on any atom is 0.345 e. The highest BCUT2D eigenvalue weighted by Gasteiger charge is 2.10. The summed E-state index contributed by atoms with van der Waals surface area (Å²) < 4.78 is 4.19. The summed E-state index contributed by atoms with van der Waals surface area (Å²) >= 11 is 0. The lowest BCUT2D eigenvalue weighted by Crippen LogP contribution is -2.07. The average molecular weight is 168 g/mol. The van der Waals surface area contributed by atoms with Gasteiger partial charge in [-0.3, -0.25) is 4.79 Å². The van der Waals surface area contributed by atoms with Crippen LogP contribution < -0.4 is 0 Å². The molecule has 66 valence electrons. The summed E-state index contributed by atoms with van der Waals surface area (Å²) in [5, 5.41) is 0. The Kier molecular flexibility index (Phi) is 4.69. The normalized spacial score (nSPS) is 12.6. The number of rotatable bonds is 3. The molecule has 0 spiro atoms.